The number of hydrogen-bond donors (Lipinski definition) is 0. The van der Waals surface area contributed by atoms with E-state index in [0.29, 0.717) is 10.8 Å². The molecule has 0 heterocycles. The number of carbonyl (C=O) groups excluding carboxylic acids is 3. The molecule has 1 aromatic carbocycles. The zero-order valence-electron chi connectivity index (χ0n) is 11.1. The van der Waals surface area contributed by atoms with Crippen LogP contribution in [-0.2, 0) is 14.4 Å². The summed E-state index contributed by atoms with van der Waals surface area (Å²) in [6.07, 6.45) is -11.5. The molecule has 0 bridgehead atoms. The summed E-state index contributed by atoms with van der Waals surface area (Å²) in [4.78, 5) is 29.7. The summed E-state index contributed by atoms with van der Waals surface area (Å²) in [6, 6.07) is 6.62. The van der Waals surface area contributed by atoms with Crippen molar-refractivity contribution in [2.45, 2.75) is 19.3 Å². The van der Waals surface area contributed by atoms with E-state index in [1.54, 1.807) is 24.3 Å². The molecule has 0 aliphatic carbocycles. The molecule has 0 radical (unpaired) electrons. The molecule has 23 heavy (non-hydrogen) atoms. The first kappa shape index (κ1) is 20.9. The van der Waals surface area contributed by atoms with Gasteiger partial charge in [0.05, 0.1) is 0 Å². The Hall–Kier alpha value is -2.10. The fourth-order valence-corrected chi connectivity index (χ4v) is 1.05. The minimum Gasteiger partial charge on any atom is -0.427 e. The quantitative estimate of drug-likeness (QED) is 0.349. The minimum absolute atomic E-state index is 0.327. The van der Waals surface area contributed by atoms with Crippen molar-refractivity contribution in [3.63, 3.8) is 0 Å². The molecule has 0 aromatic heterocycles. The predicted molar refractivity (Wildman–Crippen MR) is 64.9 cm³/mol. The fraction of sp³-hybridized carbons (Fsp3) is 0.250. The summed E-state index contributed by atoms with van der Waals surface area (Å²) in [5.74, 6) is -6.63. The maximum absolute atomic E-state index is 11.2. The van der Waals surface area contributed by atoms with Gasteiger partial charge in [-0.15, -0.1) is 0 Å². The van der Waals surface area contributed by atoms with Gasteiger partial charge in [-0.1, -0.05) is 11.6 Å². The van der Waals surface area contributed by atoms with Crippen LogP contribution in [0.5, 0.6) is 5.75 Å². The Morgan fingerprint density at radius 2 is 1.22 bits per heavy atom. The topological polar surface area (TPSA) is 60.4 Å². The number of hydrogen-bond acceptors (Lipinski definition) is 4. The second-order valence-corrected chi connectivity index (χ2v) is 4.14. The molecule has 0 aliphatic heterocycles. The number of Topliss-reactive ketones (excluding diaryl/α,β-unsaturated/α-hetero) is 2. The van der Waals surface area contributed by atoms with E-state index >= 15 is 0 Å². The van der Waals surface area contributed by atoms with Crippen LogP contribution in [0.3, 0.4) is 0 Å². The van der Waals surface area contributed by atoms with Gasteiger partial charge in [-0.05, 0) is 24.3 Å². The van der Waals surface area contributed by atoms with Crippen molar-refractivity contribution in [3.8, 4) is 5.75 Å². The van der Waals surface area contributed by atoms with Crippen LogP contribution in [0.25, 0.3) is 0 Å². The minimum atomic E-state index is -5.77. The summed E-state index contributed by atoms with van der Waals surface area (Å²) in [5.41, 5.74) is 0. The molecule has 4 nitrogen and oxygen atoms in total. The Balaban J connectivity index is 0.000000422. The van der Waals surface area contributed by atoms with Gasteiger partial charge < -0.3 is 4.74 Å². The molecule has 128 valence electrons. The van der Waals surface area contributed by atoms with E-state index in [4.69, 9.17) is 16.3 Å². The SMILES string of the molecule is CC(=O)Oc1ccc(Cl)cc1.O=C(C(=O)C(F)(F)F)C(F)(F)F. The van der Waals surface area contributed by atoms with Gasteiger partial charge in [0.1, 0.15) is 5.75 Å². The Kier molecular flexibility index (Phi) is 7.23. The van der Waals surface area contributed by atoms with Crippen molar-refractivity contribution in [2.24, 2.45) is 0 Å². The van der Waals surface area contributed by atoms with Crippen LogP contribution >= 0.6 is 11.6 Å². The second kappa shape index (κ2) is 7.95. The molecule has 0 unspecified atom stereocenters. The van der Waals surface area contributed by atoms with Gasteiger partial charge in [0.15, 0.2) is 0 Å². The average Bonchev–Trinajstić information content (AvgIpc) is 2.38. The van der Waals surface area contributed by atoms with Crippen molar-refractivity contribution in [1.29, 1.82) is 0 Å². The lowest BCUT2D eigenvalue weighted by atomic mass is 10.2. The lowest BCUT2D eigenvalue weighted by Crippen LogP contribution is -2.39. The van der Waals surface area contributed by atoms with Gasteiger partial charge in [0, 0.05) is 11.9 Å². The number of esters is 1. The van der Waals surface area contributed by atoms with E-state index < -0.39 is 23.9 Å². The van der Waals surface area contributed by atoms with E-state index in [-0.39, 0.29) is 5.97 Å². The summed E-state index contributed by atoms with van der Waals surface area (Å²) in [6.45, 7) is 1.36. The molecular formula is C12H7ClF6O4. The molecule has 0 amide bonds. The summed E-state index contributed by atoms with van der Waals surface area (Å²) >= 11 is 5.61. The third-order valence-corrected chi connectivity index (χ3v) is 2.05. The van der Waals surface area contributed by atoms with Crippen LogP contribution in [0, 0.1) is 0 Å². The van der Waals surface area contributed by atoms with E-state index in [1.807, 2.05) is 0 Å². The Morgan fingerprint density at radius 3 is 1.48 bits per heavy atom. The molecule has 0 aliphatic rings. The third kappa shape index (κ3) is 8.19. The fourth-order valence-electron chi connectivity index (χ4n) is 0.926. The van der Waals surface area contributed by atoms with E-state index in [0.717, 1.165) is 0 Å². The van der Waals surface area contributed by atoms with Crippen LogP contribution < -0.4 is 4.74 Å². The third-order valence-electron chi connectivity index (χ3n) is 1.80. The maximum atomic E-state index is 11.2. The van der Waals surface area contributed by atoms with Crippen LogP contribution in [0.4, 0.5) is 26.3 Å². The van der Waals surface area contributed by atoms with Gasteiger partial charge in [-0.2, -0.15) is 26.3 Å². The number of alkyl halides is 6. The zero-order chi connectivity index (χ0) is 18.4. The molecule has 0 spiro atoms. The van der Waals surface area contributed by atoms with E-state index in [9.17, 15) is 40.7 Å². The van der Waals surface area contributed by atoms with Gasteiger partial charge in [0.2, 0.25) is 0 Å². The number of carbonyl (C=O) groups is 3. The molecule has 0 saturated carbocycles. The van der Waals surface area contributed by atoms with Crippen molar-refractivity contribution >= 4 is 29.1 Å². The molecule has 0 fully saturated rings. The van der Waals surface area contributed by atoms with E-state index in [1.165, 1.54) is 6.92 Å². The number of ketones is 2. The van der Waals surface area contributed by atoms with Gasteiger partial charge in [-0.3, -0.25) is 14.4 Å². The largest absolute Gasteiger partial charge is 0.458 e. The summed E-state index contributed by atoms with van der Waals surface area (Å²) < 4.78 is 71.7. The highest BCUT2D eigenvalue weighted by Crippen LogP contribution is 2.24. The van der Waals surface area contributed by atoms with Crippen molar-refractivity contribution in [3.05, 3.63) is 29.3 Å². The van der Waals surface area contributed by atoms with E-state index in [2.05, 4.69) is 0 Å². The van der Waals surface area contributed by atoms with Crippen molar-refractivity contribution in [2.75, 3.05) is 0 Å². The first-order chi connectivity index (χ1) is 10.2. The highest BCUT2D eigenvalue weighted by atomic mass is 35.5. The number of halogens is 7. The van der Waals surface area contributed by atoms with Crippen LogP contribution in [0.2, 0.25) is 5.02 Å². The smallest absolute Gasteiger partial charge is 0.427 e. The molecule has 1 aromatic rings. The molecule has 0 N–H and O–H groups in total. The number of ether oxygens (including phenoxy) is 1. The number of benzene rings is 1. The predicted octanol–water partition coefficient (Wildman–Crippen LogP) is 3.51. The van der Waals surface area contributed by atoms with Gasteiger partial charge in [0.25, 0.3) is 0 Å². The summed E-state index contributed by atoms with van der Waals surface area (Å²) in [5, 5.41) is 0.626. The van der Waals surface area contributed by atoms with Crippen molar-refractivity contribution < 1.29 is 45.5 Å². The highest BCUT2D eigenvalue weighted by Gasteiger charge is 2.54. The van der Waals surface area contributed by atoms with Crippen LogP contribution in [-0.4, -0.2) is 29.9 Å². The number of rotatable bonds is 2. The Bertz CT molecular complexity index is 553. The van der Waals surface area contributed by atoms with Crippen molar-refractivity contribution in [1.82, 2.24) is 0 Å². The van der Waals surface area contributed by atoms with Crippen LogP contribution in [0.15, 0.2) is 24.3 Å². The maximum Gasteiger partial charge on any atom is 0.458 e. The monoisotopic (exact) mass is 364 g/mol. The molecule has 1 rings (SSSR count). The van der Waals surface area contributed by atoms with Crippen LogP contribution in [0.1, 0.15) is 6.92 Å². The molecule has 0 atom stereocenters. The molecule has 0 saturated heterocycles. The lowest BCUT2D eigenvalue weighted by molar-refractivity contribution is -0.193. The first-order valence-electron chi connectivity index (χ1n) is 5.41. The highest BCUT2D eigenvalue weighted by molar-refractivity contribution is 6.41. The first-order valence-corrected chi connectivity index (χ1v) is 5.79. The Morgan fingerprint density at radius 1 is 0.870 bits per heavy atom. The normalized spacial score (nSPS) is 11.1. The lowest BCUT2D eigenvalue weighted by Gasteiger charge is -2.05. The zero-order valence-corrected chi connectivity index (χ0v) is 11.8. The molecular weight excluding hydrogens is 358 g/mol. The van der Waals surface area contributed by atoms with Gasteiger partial charge in [-0.25, -0.2) is 0 Å². The Labute approximate surface area is 130 Å². The standard InChI is InChI=1S/C8H7ClO2.C4F6O2/c1-6(10)11-8-4-2-7(9)3-5-8;5-3(6,7)1(11)2(12)4(8,9)10/h2-5H,1H3;. The summed E-state index contributed by atoms with van der Waals surface area (Å²) in [7, 11) is 0. The second-order valence-electron chi connectivity index (χ2n) is 3.70. The van der Waals surface area contributed by atoms with Gasteiger partial charge >= 0.3 is 29.9 Å². The molecule has 11 heteroatoms. The average molecular weight is 365 g/mol.